The minimum Gasteiger partial charge on any atom is -0.497 e. The van der Waals surface area contributed by atoms with Crippen molar-refractivity contribution in [2.24, 2.45) is 5.10 Å². The number of amides is 1. The number of nitro groups is 1. The summed E-state index contributed by atoms with van der Waals surface area (Å²) in [6.07, 6.45) is 1.41. The van der Waals surface area contributed by atoms with Gasteiger partial charge in [-0.25, -0.2) is 4.98 Å². The average molecular weight is 531 g/mol. The van der Waals surface area contributed by atoms with Gasteiger partial charge in [0, 0.05) is 17.2 Å². The van der Waals surface area contributed by atoms with Gasteiger partial charge in [-0.2, -0.15) is 10.1 Å². The van der Waals surface area contributed by atoms with Gasteiger partial charge in [-0.1, -0.05) is 34.5 Å². The van der Waals surface area contributed by atoms with Gasteiger partial charge in [0.15, 0.2) is 6.61 Å². The second-order valence-corrected chi connectivity index (χ2v) is 8.85. The Morgan fingerprint density at radius 3 is 2.63 bits per heavy atom. The third-order valence-corrected chi connectivity index (χ3v) is 6.20. The third-order valence-electron chi connectivity index (χ3n) is 4.67. The Bertz CT molecular complexity index is 1430. The van der Waals surface area contributed by atoms with Crippen LogP contribution in [0.15, 0.2) is 65.8 Å². The van der Waals surface area contributed by atoms with E-state index >= 15 is 0 Å². The van der Waals surface area contributed by atoms with E-state index in [2.05, 4.69) is 10.1 Å². The predicted molar refractivity (Wildman–Crippen MR) is 136 cm³/mol. The van der Waals surface area contributed by atoms with Crippen molar-refractivity contribution in [3.63, 3.8) is 0 Å². The first-order valence-electron chi connectivity index (χ1n) is 9.98. The first-order chi connectivity index (χ1) is 16.8. The molecule has 0 fully saturated rings. The lowest BCUT2D eigenvalue weighted by atomic mass is 10.2. The summed E-state index contributed by atoms with van der Waals surface area (Å²) in [7, 11) is 1.56. The van der Waals surface area contributed by atoms with Crippen molar-refractivity contribution in [2.75, 3.05) is 18.7 Å². The maximum Gasteiger partial charge on any atom is 0.287 e. The Labute approximate surface area is 213 Å². The highest BCUT2D eigenvalue weighted by Crippen LogP contribution is 2.32. The van der Waals surface area contributed by atoms with E-state index in [9.17, 15) is 14.9 Å². The quantitative estimate of drug-likeness (QED) is 0.158. The number of non-ortho nitro benzene ring substituents is 1. The number of halogens is 2. The average Bonchev–Trinajstić information content (AvgIpc) is 3.26. The number of hydrogen-bond acceptors (Lipinski definition) is 8. The summed E-state index contributed by atoms with van der Waals surface area (Å²) < 4.78 is 11.6. The molecule has 0 aliphatic rings. The zero-order valence-electron chi connectivity index (χ0n) is 18.1. The van der Waals surface area contributed by atoms with E-state index < -0.39 is 10.8 Å². The van der Waals surface area contributed by atoms with Crippen molar-refractivity contribution in [3.05, 3.63) is 86.4 Å². The molecule has 0 bridgehead atoms. The molecule has 1 aromatic heterocycles. The van der Waals surface area contributed by atoms with Crippen LogP contribution in [-0.4, -0.2) is 35.7 Å². The molecule has 0 spiro atoms. The first kappa shape index (κ1) is 24.4. The van der Waals surface area contributed by atoms with E-state index in [0.29, 0.717) is 27.0 Å². The normalized spacial score (nSPS) is 11.1. The van der Waals surface area contributed by atoms with Crippen LogP contribution in [0.1, 0.15) is 5.56 Å². The number of fused-ring (bicyclic) bond motifs is 1. The van der Waals surface area contributed by atoms with Crippen LogP contribution in [0.4, 0.5) is 10.8 Å². The van der Waals surface area contributed by atoms with Crippen molar-refractivity contribution in [3.8, 4) is 11.5 Å². The lowest BCUT2D eigenvalue weighted by molar-refractivity contribution is -0.384. The number of thiazole rings is 1. The molecule has 0 aliphatic heterocycles. The van der Waals surface area contributed by atoms with Gasteiger partial charge < -0.3 is 9.47 Å². The number of rotatable bonds is 8. The predicted octanol–water partition coefficient (Wildman–Crippen LogP) is 5.97. The highest BCUT2D eigenvalue weighted by Gasteiger charge is 2.21. The van der Waals surface area contributed by atoms with Gasteiger partial charge >= 0.3 is 0 Å². The Kier molecular flexibility index (Phi) is 7.45. The molecule has 1 heterocycles. The molecule has 0 N–H and O–H groups in total. The largest absolute Gasteiger partial charge is 0.497 e. The van der Waals surface area contributed by atoms with E-state index in [1.165, 1.54) is 47.9 Å². The van der Waals surface area contributed by atoms with Crippen LogP contribution in [0, 0.1) is 10.1 Å². The van der Waals surface area contributed by atoms with Crippen LogP contribution in [0.5, 0.6) is 11.5 Å². The fraction of sp³-hybridized carbons (Fsp3) is 0.0870. The topological polar surface area (TPSA) is 107 Å². The van der Waals surface area contributed by atoms with E-state index in [0.717, 1.165) is 9.71 Å². The lowest BCUT2D eigenvalue weighted by Crippen LogP contribution is -2.30. The lowest BCUT2D eigenvalue weighted by Gasteiger charge is -2.15. The van der Waals surface area contributed by atoms with Gasteiger partial charge in [0.2, 0.25) is 5.13 Å². The molecule has 3 aromatic carbocycles. The van der Waals surface area contributed by atoms with Gasteiger partial charge in [-0.05, 0) is 54.1 Å². The Morgan fingerprint density at radius 1 is 1.17 bits per heavy atom. The maximum atomic E-state index is 13.1. The van der Waals surface area contributed by atoms with Crippen LogP contribution in [-0.2, 0) is 4.79 Å². The molecule has 1 amide bonds. The number of carbonyl (C=O) groups is 1. The maximum absolute atomic E-state index is 13.1. The summed E-state index contributed by atoms with van der Waals surface area (Å²) in [5.74, 6) is 0.429. The monoisotopic (exact) mass is 530 g/mol. The van der Waals surface area contributed by atoms with Gasteiger partial charge in [0.25, 0.3) is 11.6 Å². The van der Waals surface area contributed by atoms with Crippen molar-refractivity contribution < 1.29 is 19.2 Å². The Morgan fingerprint density at radius 2 is 1.94 bits per heavy atom. The summed E-state index contributed by atoms with van der Waals surface area (Å²) in [5, 5.41) is 17.3. The molecular formula is C23H16Cl2N4O5S. The summed E-state index contributed by atoms with van der Waals surface area (Å²) in [6.45, 7) is -0.377. The number of aromatic nitrogens is 1. The molecule has 4 rings (SSSR count). The van der Waals surface area contributed by atoms with Crippen LogP contribution < -0.4 is 14.5 Å². The molecule has 0 atom stereocenters. The summed E-state index contributed by atoms with van der Waals surface area (Å²) >= 11 is 13.3. The number of ether oxygens (including phenoxy) is 2. The first-order valence-corrected chi connectivity index (χ1v) is 11.5. The Hall–Kier alpha value is -3.73. The van der Waals surface area contributed by atoms with Gasteiger partial charge in [-0.15, -0.1) is 0 Å². The number of carbonyl (C=O) groups excluding carboxylic acids is 1. The fourth-order valence-electron chi connectivity index (χ4n) is 2.93. The molecule has 9 nitrogen and oxygen atoms in total. The molecule has 4 aromatic rings. The minimum absolute atomic E-state index is 0.0524. The van der Waals surface area contributed by atoms with Crippen LogP contribution in [0.25, 0.3) is 10.2 Å². The number of nitro benzene ring substituents is 1. The van der Waals surface area contributed by atoms with Gasteiger partial charge in [0.1, 0.15) is 11.5 Å². The van der Waals surface area contributed by atoms with Crippen molar-refractivity contribution >= 4 is 67.7 Å². The highest BCUT2D eigenvalue weighted by molar-refractivity contribution is 7.22. The standard InChI is InChI=1S/C23H16Cl2N4O5S/c1-33-17-7-8-19-21(11-17)35-23(27-19)28(26-12-14-2-5-16(6-3-14)29(31)32)22(30)13-34-20-9-4-15(24)10-18(20)25/h2-12H,13H2,1H3/b26-12+. The van der Waals surface area contributed by atoms with E-state index in [-0.39, 0.29) is 23.1 Å². The fourth-order valence-corrected chi connectivity index (χ4v) is 4.36. The van der Waals surface area contributed by atoms with E-state index in [1.807, 2.05) is 6.07 Å². The van der Waals surface area contributed by atoms with E-state index in [4.69, 9.17) is 32.7 Å². The molecular weight excluding hydrogens is 515 g/mol. The molecule has 12 heteroatoms. The van der Waals surface area contributed by atoms with Gasteiger partial charge in [0.05, 0.1) is 33.5 Å². The molecule has 0 radical (unpaired) electrons. The summed E-state index contributed by atoms with van der Waals surface area (Å²) in [6, 6.07) is 15.8. The number of methoxy groups -OCH3 is 1. The summed E-state index contributed by atoms with van der Waals surface area (Å²) in [4.78, 5) is 28.0. The number of hydrogen-bond donors (Lipinski definition) is 0. The second-order valence-electron chi connectivity index (χ2n) is 6.99. The number of anilines is 1. The van der Waals surface area contributed by atoms with Crippen molar-refractivity contribution in [1.29, 1.82) is 0 Å². The number of hydrazone groups is 1. The van der Waals surface area contributed by atoms with E-state index in [1.54, 1.807) is 31.4 Å². The smallest absolute Gasteiger partial charge is 0.287 e. The SMILES string of the molecule is COc1ccc2nc(N(/N=C/c3ccc([N+](=O)[O-])cc3)C(=O)COc3ccc(Cl)cc3Cl)sc2c1. The second kappa shape index (κ2) is 10.7. The van der Waals surface area contributed by atoms with Crippen LogP contribution in [0.3, 0.4) is 0 Å². The highest BCUT2D eigenvalue weighted by atomic mass is 35.5. The van der Waals surface area contributed by atoms with Gasteiger partial charge in [-0.3, -0.25) is 14.9 Å². The molecule has 0 saturated heterocycles. The molecule has 178 valence electrons. The zero-order chi connectivity index (χ0) is 24.9. The number of benzene rings is 3. The Balaban J connectivity index is 1.62. The van der Waals surface area contributed by atoms with Crippen molar-refractivity contribution in [1.82, 2.24) is 4.98 Å². The third kappa shape index (κ3) is 5.86. The van der Waals surface area contributed by atoms with Crippen molar-refractivity contribution in [2.45, 2.75) is 0 Å². The molecule has 0 aliphatic carbocycles. The summed E-state index contributed by atoms with van der Waals surface area (Å²) in [5.41, 5.74) is 1.16. The van der Waals surface area contributed by atoms with Crippen LogP contribution in [0.2, 0.25) is 10.0 Å². The number of nitrogens with zero attached hydrogens (tertiary/aromatic N) is 4. The molecule has 0 saturated carbocycles. The van der Waals surface area contributed by atoms with Crippen LogP contribution >= 0.6 is 34.5 Å². The zero-order valence-corrected chi connectivity index (χ0v) is 20.4. The molecule has 35 heavy (non-hydrogen) atoms. The molecule has 0 unspecified atom stereocenters. The minimum atomic E-state index is -0.514.